The predicted molar refractivity (Wildman–Crippen MR) is 126 cm³/mol. The van der Waals surface area contributed by atoms with Crippen molar-refractivity contribution in [3.8, 4) is 23.3 Å². The third-order valence-electron chi connectivity index (χ3n) is 5.11. The Kier molecular flexibility index (Phi) is 6.78. The first-order chi connectivity index (χ1) is 16.8. The molecule has 0 saturated heterocycles. The number of nitrogens with two attached hydrogens (primary N) is 1. The SMILES string of the molecule is N#CC1=C(N)Oc2cc(OC(=O)COc3ccccc3[N+](=O)[O-])ccc2C1c1ccc(Cl)c(Cl)c1. The van der Waals surface area contributed by atoms with Crippen molar-refractivity contribution in [2.24, 2.45) is 5.73 Å². The minimum atomic E-state index is -0.791. The van der Waals surface area contributed by atoms with E-state index in [9.17, 15) is 20.2 Å². The molecule has 2 N–H and O–H groups in total. The number of halogens is 2. The molecule has 11 heteroatoms. The number of carbonyl (C=O) groups is 1. The maximum atomic E-state index is 12.3. The van der Waals surface area contributed by atoms with E-state index in [1.165, 1.54) is 30.3 Å². The summed E-state index contributed by atoms with van der Waals surface area (Å²) < 4.78 is 16.2. The summed E-state index contributed by atoms with van der Waals surface area (Å²) in [6.07, 6.45) is 0. The number of esters is 1. The lowest BCUT2D eigenvalue weighted by atomic mass is 9.83. The summed E-state index contributed by atoms with van der Waals surface area (Å²) in [5.41, 5.74) is 7.19. The van der Waals surface area contributed by atoms with E-state index in [4.69, 9.17) is 43.1 Å². The van der Waals surface area contributed by atoms with Gasteiger partial charge < -0.3 is 19.9 Å². The highest BCUT2D eigenvalue weighted by molar-refractivity contribution is 6.42. The fourth-order valence-corrected chi connectivity index (χ4v) is 3.87. The molecule has 0 aliphatic carbocycles. The molecule has 9 nitrogen and oxygen atoms in total. The Labute approximate surface area is 209 Å². The van der Waals surface area contributed by atoms with Crippen LogP contribution in [-0.4, -0.2) is 17.5 Å². The van der Waals surface area contributed by atoms with Gasteiger partial charge in [0.05, 0.1) is 20.9 Å². The molecule has 35 heavy (non-hydrogen) atoms. The normalized spacial score (nSPS) is 14.4. The number of para-hydroxylation sites is 2. The van der Waals surface area contributed by atoms with Crippen LogP contribution in [-0.2, 0) is 4.79 Å². The van der Waals surface area contributed by atoms with Crippen molar-refractivity contribution in [1.29, 1.82) is 5.26 Å². The third-order valence-corrected chi connectivity index (χ3v) is 5.85. The molecule has 0 saturated carbocycles. The largest absolute Gasteiger partial charge is 0.475 e. The zero-order valence-electron chi connectivity index (χ0n) is 17.7. The van der Waals surface area contributed by atoms with Gasteiger partial charge in [0.25, 0.3) is 0 Å². The summed E-state index contributed by atoms with van der Waals surface area (Å²) in [5, 5.41) is 21.4. The van der Waals surface area contributed by atoms with E-state index in [2.05, 4.69) is 6.07 Å². The smallest absolute Gasteiger partial charge is 0.349 e. The lowest BCUT2D eigenvalue weighted by molar-refractivity contribution is -0.385. The average Bonchev–Trinajstić information content (AvgIpc) is 2.83. The molecule has 3 aromatic carbocycles. The molecule has 176 valence electrons. The zero-order chi connectivity index (χ0) is 25.1. The molecule has 1 aliphatic rings. The van der Waals surface area contributed by atoms with Crippen molar-refractivity contribution >= 4 is 34.9 Å². The van der Waals surface area contributed by atoms with Crippen molar-refractivity contribution in [3.05, 3.63) is 103 Å². The number of hydrogen-bond acceptors (Lipinski definition) is 8. The number of fused-ring (bicyclic) bond motifs is 1. The molecule has 0 spiro atoms. The highest BCUT2D eigenvalue weighted by Crippen LogP contribution is 2.44. The van der Waals surface area contributed by atoms with Gasteiger partial charge in [0, 0.05) is 17.7 Å². The van der Waals surface area contributed by atoms with Gasteiger partial charge in [-0.3, -0.25) is 10.1 Å². The number of ether oxygens (including phenoxy) is 3. The number of rotatable bonds is 6. The predicted octanol–water partition coefficient (Wildman–Crippen LogP) is 5.10. The molecular formula is C24H15Cl2N3O6. The Hall–Kier alpha value is -4.26. The van der Waals surface area contributed by atoms with E-state index in [1.807, 2.05) is 0 Å². The number of nitriles is 1. The van der Waals surface area contributed by atoms with Crippen LogP contribution in [0.5, 0.6) is 17.2 Å². The van der Waals surface area contributed by atoms with Gasteiger partial charge in [0.15, 0.2) is 12.4 Å². The van der Waals surface area contributed by atoms with Gasteiger partial charge in [0.2, 0.25) is 5.88 Å². The van der Waals surface area contributed by atoms with Gasteiger partial charge in [-0.25, -0.2) is 4.79 Å². The Morgan fingerprint density at radius 3 is 2.63 bits per heavy atom. The maximum Gasteiger partial charge on any atom is 0.349 e. The van der Waals surface area contributed by atoms with E-state index in [0.29, 0.717) is 21.2 Å². The van der Waals surface area contributed by atoms with Crippen LogP contribution in [0.25, 0.3) is 0 Å². The van der Waals surface area contributed by atoms with Gasteiger partial charge >= 0.3 is 11.7 Å². The fraction of sp³-hybridized carbons (Fsp3) is 0.0833. The van der Waals surface area contributed by atoms with Crippen LogP contribution in [0, 0.1) is 21.4 Å². The lowest BCUT2D eigenvalue weighted by Crippen LogP contribution is -2.21. The fourth-order valence-electron chi connectivity index (χ4n) is 3.56. The molecule has 4 rings (SSSR count). The van der Waals surface area contributed by atoms with Crippen LogP contribution in [0.15, 0.2) is 72.1 Å². The van der Waals surface area contributed by atoms with Gasteiger partial charge in [-0.15, -0.1) is 0 Å². The molecule has 3 aromatic rings. The number of nitro groups is 1. The molecule has 0 radical (unpaired) electrons. The number of nitrogens with zero attached hydrogens (tertiary/aromatic N) is 2. The Balaban J connectivity index is 1.55. The minimum absolute atomic E-state index is 0.0605. The zero-order valence-corrected chi connectivity index (χ0v) is 19.2. The molecule has 0 amide bonds. The highest BCUT2D eigenvalue weighted by Gasteiger charge is 2.31. The summed E-state index contributed by atoms with van der Waals surface area (Å²) in [6.45, 7) is -0.560. The summed E-state index contributed by atoms with van der Waals surface area (Å²) in [5.74, 6) is -1.12. The third kappa shape index (κ3) is 4.99. The standard InChI is InChI=1S/C24H15Cl2N3O6/c25-17-8-5-13(9-18(17)26)23-15-7-6-14(10-21(15)35-24(28)16(23)11-27)34-22(30)12-33-20-4-2-1-3-19(20)29(31)32/h1-10,23H,12,28H2. The molecule has 0 bridgehead atoms. The first-order valence-corrected chi connectivity index (χ1v) is 10.8. The molecule has 0 fully saturated rings. The van der Waals surface area contributed by atoms with Crippen molar-refractivity contribution in [3.63, 3.8) is 0 Å². The number of nitro benzene ring substituents is 1. The first-order valence-electron chi connectivity index (χ1n) is 10.0. The Morgan fingerprint density at radius 1 is 1.14 bits per heavy atom. The number of allylic oxidation sites excluding steroid dienone is 1. The van der Waals surface area contributed by atoms with E-state index in [0.717, 1.165) is 0 Å². The van der Waals surface area contributed by atoms with Crippen LogP contribution < -0.4 is 19.9 Å². The lowest BCUT2D eigenvalue weighted by Gasteiger charge is -2.27. The van der Waals surface area contributed by atoms with Gasteiger partial charge in [-0.2, -0.15) is 5.26 Å². The molecular weight excluding hydrogens is 497 g/mol. The monoisotopic (exact) mass is 511 g/mol. The minimum Gasteiger partial charge on any atom is -0.475 e. The Morgan fingerprint density at radius 2 is 1.91 bits per heavy atom. The second kappa shape index (κ2) is 9.93. The molecule has 1 aliphatic heterocycles. The van der Waals surface area contributed by atoms with Crippen molar-refractivity contribution in [1.82, 2.24) is 0 Å². The topological polar surface area (TPSA) is 138 Å². The maximum absolute atomic E-state index is 12.3. The van der Waals surface area contributed by atoms with Crippen LogP contribution >= 0.6 is 23.2 Å². The number of hydrogen-bond donors (Lipinski definition) is 1. The van der Waals surface area contributed by atoms with Crippen LogP contribution in [0.1, 0.15) is 17.0 Å². The molecule has 1 atom stereocenters. The second-order valence-corrected chi connectivity index (χ2v) is 8.10. The highest BCUT2D eigenvalue weighted by atomic mass is 35.5. The summed E-state index contributed by atoms with van der Waals surface area (Å²) in [4.78, 5) is 22.8. The van der Waals surface area contributed by atoms with Crippen LogP contribution in [0.3, 0.4) is 0 Å². The van der Waals surface area contributed by atoms with E-state index < -0.39 is 23.4 Å². The summed E-state index contributed by atoms with van der Waals surface area (Å²) >= 11 is 12.2. The van der Waals surface area contributed by atoms with Crippen molar-refractivity contribution in [2.45, 2.75) is 5.92 Å². The molecule has 1 unspecified atom stereocenters. The second-order valence-electron chi connectivity index (χ2n) is 7.29. The quantitative estimate of drug-likeness (QED) is 0.208. The number of carbonyl (C=O) groups excluding carboxylic acids is 1. The van der Waals surface area contributed by atoms with Crippen LogP contribution in [0.2, 0.25) is 10.0 Å². The van der Waals surface area contributed by atoms with E-state index >= 15 is 0 Å². The van der Waals surface area contributed by atoms with Crippen molar-refractivity contribution < 1.29 is 23.9 Å². The Bertz CT molecular complexity index is 1420. The molecule has 1 heterocycles. The van der Waals surface area contributed by atoms with Gasteiger partial charge in [-0.1, -0.05) is 47.5 Å². The molecule has 0 aromatic heterocycles. The summed E-state index contributed by atoms with van der Waals surface area (Å²) in [7, 11) is 0. The van der Waals surface area contributed by atoms with Gasteiger partial charge in [0.1, 0.15) is 23.1 Å². The first kappa shape index (κ1) is 23.9. The van der Waals surface area contributed by atoms with Gasteiger partial charge in [-0.05, 0) is 29.8 Å². The van der Waals surface area contributed by atoms with Crippen LogP contribution in [0.4, 0.5) is 5.69 Å². The van der Waals surface area contributed by atoms with E-state index in [1.54, 1.807) is 30.3 Å². The summed E-state index contributed by atoms with van der Waals surface area (Å²) in [6, 6.07) is 17.3. The number of benzene rings is 3. The van der Waals surface area contributed by atoms with E-state index in [-0.39, 0.29) is 34.4 Å². The van der Waals surface area contributed by atoms with Crippen molar-refractivity contribution in [2.75, 3.05) is 6.61 Å². The average molecular weight is 512 g/mol.